The van der Waals surface area contributed by atoms with Gasteiger partial charge in [0.25, 0.3) is 11.8 Å². The van der Waals surface area contributed by atoms with Crippen LogP contribution in [0.2, 0.25) is 0 Å². The third kappa shape index (κ3) is 1.65. The molecule has 3 rings (SSSR count). The number of imide groups is 1. The Labute approximate surface area is 97.0 Å². The Hall–Kier alpha value is -2.30. The van der Waals surface area contributed by atoms with Crippen molar-refractivity contribution in [2.24, 2.45) is 0 Å². The van der Waals surface area contributed by atoms with Crippen LogP contribution in [0.3, 0.4) is 0 Å². The van der Waals surface area contributed by atoms with Gasteiger partial charge in [-0.2, -0.15) is 0 Å². The van der Waals surface area contributed by atoms with Crippen molar-refractivity contribution in [3.63, 3.8) is 0 Å². The fourth-order valence-corrected chi connectivity index (χ4v) is 1.84. The molecule has 5 nitrogen and oxygen atoms in total. The smallest absolute Gasteiger partial charge is 0.258 e. The van der Waals surface area contributed by atoms with Crippen molar-refractivity contribution in [1.29, 1.82) is 0 Å². The zero-order valence-corrected chi connectivity index (χ0v) is 8.86. The van der Waals surface area contributed by atoms with E-state index in [2.05, 4.69) is 5.32 Å². The predicted molar refractivity (Wildman–Crippen MR) is 58.6 cm³/mol. The van der Waals surface area contributed by atoms with Gasteiger partial charge in [-0.15, -0.1) is 0 Å². The van der Waals surface area contributed by atoms with Gasteiger partial charge < -0.3 is 9.47 Å². The summed E-state index contributed by atoms with van der Waals surface area (Å²) in [4.78, 5) is 22.5. The normalized spacial score (nSPS) is 17.8. The van der Waals surface area contributed by atoms with Crippen molar-refractivity contribution in [3.05, 3.63) is 29.8 Å². The van der Waals surface area contributed by atoms with E-state index < -0.39 is 0 Å². The molecule has 0 aliphatic carbocycles. The number of carbonyl (C=O) groups excluding carboxylic acids is 2. The molecule has 0 atom stereocenters. The Morgan fingerprint density at radius 2 is 1.82 bits per heavy atom. The molecular formula is C12H9NO4. The van der Waals surface area contributed by atoms with Crippen LogP contribution in [-0.4, -0.2) is 25.0 Å². The molecule has 0 bridgehead atoms. The number of hydrogen-bond acceptors (Lipinski definition) is 4. The highest BCUT2D eigenvalue weighted by atomic mass is 16.6. The first-order valence-corrected chi connectivity index (χ1v) is 5.21. The molecule has 0 spiro atoms. The third-order valence-electron chi connectivity index (χ3n) is 2.61. The summed E-state index contributed by atoms with van der Waals surface area (Å²) in [5.41, 5.74) is 1.00. The monoisotopic (exact) mass is 231 g/mol. The van der Waals surface area contributed by atoms with Gasteiger partial charge in [0.15, 0.2) is 11.5 Å². The van der Waals surface area contributed by atoms with Crippen LogP contribution >= 0.6 is 0 Å². The van der Waals surface area contributed by atoms with Gasteiger partial charge in [0.1, 0.15) is 13.2 Å². The first-order valence-electron chi connectivity index (χ1n) is 5.21. The van der Waals surface area contributed by atoms with Gasteiger partial charge in [-0.3, -0.25) is 14.9 Å². The van der Waals surface area contributed by atoms with Gasteiger partial charge in [0.2, 0.25) is 0 Å². The second-order valence-electron chi connectivity index (χ2n) is 3.73. The minimum Gasteiger partial charge on any atom is -0.486 e. The van der Waals surface area contributed by atoms with E-state index in [1.165, 1.54) is 6.08 Å². The lowest BCUT2D eigenvalue weighted by Crippen LogP contribution is -2.21. The standard InChI is InChI=1S/C12H9NO4/c14-11-6-8(12(15)13-11)7-1-2-9-10(5-7)17-4-3-16-9/h1-2,5-6H,3-4H2,(H,13,14,15). The maximum atomic E-state index is 11.5. The number of rotatable bonds is 1. The summed E-state index contributed by atoms with van der Waals surface area (Å²) < 4.78 is 10.8. The number of nitrogens with one attached hydrogen (secondary N) is 1. The molecular weight excluding hydrogens is 222 g/mol. The first-order chi connectivity index (χ1) is 8.24. The Bertz CT molecular complexity index is 547. The van der Waals surface area contributed by atoms with Crippen molar-refractivity contribution in [3.8, 4) is 11.5 Å². The van der Waals surface area contributed by atoms with Crippen LogP contribution in [0, 0.1) is 0 Å². The van der Waals surface area contributed by atoms with E-state index in [1.807, 2.05) is 0 Å². The maximum absolute atomic E-state index is 11.5. The zero-order chi connectivity index (χ0) is 11.8. The topological polar surface area (TPSA) is 64.6 Å². The molecule has 0 saturated carbocycles. The van der Waals surface area contributed by atoms with Crippen LogP contribution < -0.4 is 14.8 Å². The van der Waals surface area contributed by atoms with E-state index in [1.54, 1.807) is 18.2 Å². The van der Waals surface area contributed by atoms with Gasteiger partial charge in [-0.25, -0.2) is 0 Å². The lowest BCUT2D eigenvalue weighted by molar-refractivity contribution is -0.123. The summed E-state index contributed by atoms with van der Waals surface area (Å²) in [6.45, 7) is 1.01. The lowest BCUT2D eigenvalue weighted by Gasteiger charge is -2.18. The SMILES string of the molecule is O=C1C=C(c2ccc3c(c2)OCCO3)C(=O)N1. The Kier molecular flexibility index (Phi) is 2.11. The molecule has 0 fully saturated rings. The molecule has 17 heavy (non-hydrogen) atoms. The van der Waals surface area contributed by atoms with Gasteiger partial charge in [0, 0.05) is 6.08 Å². The number of hydrogen-bond donors (Lipinski definition) is 1. The van der Waals surface area contributed by atoms with E-state index in [-0.39, 0.29) is 11.8 Å². The molecule has 5 heteroatoms. The summed E-state index contributed by atoms with van der Waals surface area (Å²) >= 11 is 0. The largest absolute Gasteiger partial charge is 0.486 e. The molecule has 1 aromatic carbocycles. The van der Waals surface area contributed by atoms with E-state index in [4.69, 9.17) is 9.47 Å². The summed E-state index contributed by atoms with van der Waals surface area (Å²) in [5, 5.41) is 2.20. The summed E-state index contributed by atoms with van der Waals surface area (Å²) in [5.74, 6) is 0.485. The van der Waals surface area contributed by atoms with Crippen molar-refractivity contribution in [1.82, 2.24) is 5.32 Å². The second kappa shape index (κ2) is 3.62. The van der Waals surface area contributed by atoms with Gasteiger partial charge in [0.05, 0.1) is 5.57 Å². The van der Waals surface area contributed by atoms with Gasteiger partial charge in [-0.1, -0.05) is 6.07 Å². The zero-order valence-electron chi connectivity index (χ0n) is 8.86. The highest BCUT2D eigenvalue weighted by molar-refractivity contribution is 6.33. The summed E-state index contributed by atoms with van der Waals surface area (Å²) in [6, 6.07) is 5.18. The molecule has 2 amide bonds. The second-order valence-corrected chi connectivity index (χ2v) is 3.73. The van der Waals surface area contributed by atoms with Crippen LogP contribution in [0.1, 0.15) is 5.56 Å². The average molecular weight is 231 g/mol. The number of fused-ring (bicyclic) bond motifs is 1. The van der Waals surface area contributed by atoms with E-state index in [0.717, 1.165) is 0 Å². The van der Waals surface area contributed by atoms with Crippen molar-refractivity contribution in [2.75, 3.05) is 13.2 Å². The van der Waals surface area contributed by atoms with E-state index >= 15 is 0 Å². The summed E-state index contributed by atoms with van der Waals surface area (Å²) in [6.07, 6.45) is 1.29. The summed E-state index contributed by atoms with van der Waals surface area (Å²) in [7, 11) is 0. The lowest BCUT2D eigenvalue weighted by atomic mass is 10.1. The quantitative estimate of drug-likeness (QED) is 0.715. The predicted octanol–water partition coefficient (Wildman–Crippen LogP) is 0.498. The van der Waals surface area contributed by atoms with Crippen LogP contribution in [0.4, 0.5) is 0 Å². The average Bonchev–Trinajstić information content (AvgIpc) is 2.68. The maximum Gasteiger partial charge on any atom is 0.258 e. The highest BCUT2D eigenvalue weighted by Gasteiger charge is 2.23. The molecule has 0 unspecified atom stereocenters. The van der Waals surface area contributed by atoms with Gasteiger partial charge >= 0.3 is 0 Å². The molecule has 1 N–H and O–H groups in total. The molecule has 0 saturated heterocycles. The minimum absolute atomic E-state index is 0.354. The minimum atomic E-state index is -0.389. The molecule has 2 aliphatic rings. The first kappa shape index (κ1) is 9.89. The highest BCUT2D eigenvalue weighted by Crippen LogP contribution is 2.33. The molecule has 2 heterocycles. The van der Waals surface area contributed by atoms with E-state index in [9.17, 15) is 9.59 Å². The van der Waals surface area contributed by atoms with Crippen molar-refractivity contribution >= 4 is 17.4 Å². The number of amides is 2. The van der Waals surface area contributed by atoms with Crippen LogP contribution in [-0.2, 0) is 9.59 Å². The molecule has 0 aromatic heterocycles. The van der Waals surface area contributed by atoms with Crippen molar-refractivity contribution in [2.45, 2.75) is 0 Å². The van der Waals surface area contributed by atoms with E-state index in [0.29, 0.717) is 35.8 Å². The Morgan fingerprint density at radius 3 is 2.53 bits per heavy atom. The third-order valence-corrected chi connectivity index (χ3v) is 2.61. The van der Waals surface area contributed by atoms with Gasteiger partial charge in [-0.05, 0) is 17.7 Å². The Balaban J connectivity index is 2.02. The number of ether oxygens (including phenoxy) is 2. The van der Waals surface area contributed by atoms with Crippen LogP contribution in [0.15, 0.2) is 24.3 Å². The fraction of sp³-hybridized carbons (Fsp3) is 0.167. The number of carbonyl (C=O) groups is 2. The molecule has 1 aromatic rings. The molecule has 86 valence electrons. The van der Waals surface area contributed by atoms with Crippen LogP contribution in [0.25, 0.3) is 5.57 Å². The Morgan fingerprint density at radius 1 is 1.06 bits per heavy atom. The fourth-order valence-electron chi connectivity index (χ4n) is 1.84. The number of benzene rings is 1. The van der Waals surface area contributed by atoms with Crippen molar-refractivity contribution < 1.29 is 19.1 Å². The molecule has 0 radical (unpaired) electrons. The molecule has 2 aliphatic heterocycles. The van der Waals surface area contributed by atoms with Crippen LogP contribution in [0.5, 0.6) is 11.5 Å².